The molecule has 0 spiro atoms. The fourth-order valence-electron chi connectivity index (χ4n) is 2.27. The summed E-state index contributed by atoms with van der Waals surface area (Å²) >= 11 is 6.21. The van der Waals surface area contributed by atoms with Crippen LogP contribution in [0.25, 0.3) is 22.6 Å². The lowest BCUT2D eigenvalue weighted by Crippen LogP contribution is -2.10. The van der Waals surface area contributed by atoms with Gasteiger partial charge in [-0.25, -0.2) is 0 Å². The van der Waals surface area contributed by atoms with Crippen molar-refractivity contribution < 1.29 is 4.52 Å². The zero-order chi connectivity index (χ0) is 17.3. The average Bonchev–Trinajstić information content (AvgIpc) is 3.05. The van der Waals surface area contributed by atoms with Crippen molar-refractivity contribution in [1.82, 2.24) is 5.16 Å². The number of nitrogens with zero attached hydrogens (tertiary/aromatic N) is 1. The summed E-state index contributed by atoms with van der Waals surface area (Å²) in [7, 11) is 0. The number of aromatic nitrogens is 1. The second kappa shape index (κ2) is 8.71. The van der Waals surface area contributed by atoms with Crippen LogP contribution in [0.4, 0.5) is 0 Å². The Morgan fingerprint density at radius 3 is 2.23 bits per heavy atom. The first-order valence-electron chi connectivity index (χ1n) is 7.01. The summed E-state index contributed by atoms with van der Waals surface area (Å²) in [6, 6.07) is 13.9. The minimum atomic E-state index is -0.0539. The van der Waals surface area contributed by atoms with Crippen molar-refractivity contribution in [2.45, 2.75) is 0 Å². The Hall–Kier alpha value is -2.54. The van der Waals surface area contributed by atoms with Crippen molar-refractivity contribution >= 4 is 48.1 Å². The van der Waals surface area contributed by atoms with E-state index in [-0.39, 0.29) is 36.5 Å². The number of amidine groups is 2. The number of halogens is 3. The highest BCUT2D eigenvalue weighted by Crippen LogP contribution is 2.32. The molecule has 0 fully saturated rings. The van der Waals surface area contributed by atoms with Gasteiger partial charge in [0.25, 0.3) is 0 Å². The van der Waals surface area contributed by atoms with E-state index in [1.807, 2.05) is 6.07 Å². The number of nitrogen functional groups attached to an aromatic ring is 2. The van der Waals surface area contributed by atoms with E-state index in [0.29, 0.717) is 33.2 Å². The summed E-state index contributed by atoms with van der Waals surface area (Å²) in [4.78, 5) is 0. The smallest absolute Gasteiger partial charge is 0.169 e. The lowest BCUT2D eigenvalue weighted by molar-refractivity contribution is 0.435. The van der Waals surface area contributed by atoms with Crippen LogP contribution in [0.3, 0.4) is 0 Å². The summed E-state index contributed by atoms with van der Waals surface area (Å²) in [5, 5.41) is 19.6. The van der Waals surface area contributed by atoms with Crippen LogP contribution in [-0.4, -0.2) is 16.8 Å². The van der Waals surface area contributed by atoms with Crippen molar-refractivity contribution in [2.24, 2.45) is 11.5 Å². The summed E-state index contributed by atoms with van der Waals surface area (Å²) in [5.74, 6) is 0.394. The fourth-order valence-corrected chi connectivity index (χ4v) is 2.48. The number of nitrogens with one attached hydrogen (secondary N) is 2. The molecular weight excluding hydrogens is 397 g/mol. The topological polar surface area (TPSA) is 126 Å². The molecule has 9 heteroatoms. The molecule has 0 saturated carbocycles. The van der Waals surface area contributed by atoms with Gasteiger partial charge in [-0.05, 0) is 24.3 Å². The molecule has 0 radical (unpaired) electrons. The van der Waals surface area contributed by atoms with E-state index in [2.05, 4.69) is 5.16 Å². The Morgan fingerprint density at radius 2 is 1.58 bits per heavy atom. The molecule has 26 heavy (non-hydrogen) atoms. The minimum absolute atomic E-state index is 0. The summed E-state index contributed by atoms with van der Waals surface area (Å²) in [6.07, 6.45) is 0. The zero-order valence-electron chi connectivity index (χ0n) is 13.3. The van der Waals surface area contributed by atoms with Crippen LogP contribution < -0.4 is 11.5 Å². The molecule has 0 bridgehead atoms. The van der Waals surface area contributed by atoms with E-state index < -0.39 is 0 Å². The van der Waals surface area contributed by atoms with Crippen molar-refractivity contribution in [2.75, 3.05) is 0 Å². The molecule has 0 amide bonds. The molecule has 3 aromatic rings. The average molecular weight is 413 g/mol. The van der Waals surface area contributed by atoms with Crippen molar-refractivity contribution in [3.8, 4) is 22.6 Å². The second-order valence-electron chi connectivity index (χ2n) is 5.18. The first-order chi connectivity index (χ1) is 11.5. The second-order valence-corrected chi connectivity index (χ2v) is 5.59. The molecule has 0 aliphatic carbocycles. The highest BCUT2D eigenvalue weighted by Gasteiger charge is 2.13. The molecule has 0 saturated heterocycles. The third-order valence-corrected chi connectivity index (χ3v) is 3.85. The van der Waals surface area contributed by atoms with E-state index in [1.165, 1.54) is 0 Å². The van der Waals surface area contributed by atoms with Gasteiger partial charge in [-0.3, -0.25) is 10.8 Å². The molecule has 6 nitrogen and oxygen atoms in total. The summed E-state index contributed by atoms with van der Waals surface area (Å²) in [5.41, 5.74) is 14.2. The first kappa shape index (κ1) is 21.5. The van der Waals surface area contributed by atoms with Crippen LogP contribution in [0.5, 0.6) is 0 Å². The Bertz CT molecular complexity index is 955. The van der Waals surface area contributed by atoms with Crippen LogP contribution in [0.2, 0.25) is 5.02 Å². The first-order valence-corrected chi connectivity index (χ1v) is 7.39. The Kier molecular flexibility index (Phi) is 7.20. The third kappa shape index (κ3) is 4.35. The fraction of sp³-hybridized carbons (Fsp3) is 0. The minimum Gasteiger partial charge on any atom is -0.384 e. The van der Waals surface area contributed by atoms with Crippen LogP contribution >= 0.6 is 36.4 Å². The quantitative estimate of drug-likeness (QED) is 0.380. The maximum absolute atomic E-state index is 7.53. The van der Waals surface area contributed by atoms with Gasteiger partial charge in [-0.2, -0.15) is 0 Å². The normalized spacial score (nSPS) is 9.73. The molecule has 2 aromatic carbocycles. The molecular formula is C17H16Cl3N5O. The lowest BCUT2D eigenvalue weighted by atomic mass is 10.0. The van der Waals surface area contributed by atoms with Gasteiger partial charge >= 0.3 is 0 Å². The molecule has 6 N–H and O–H groups in total. The Balaban J connectivity index is 0.00000169. The molecule has 0 aliphatic heterocycles. The van der Waals surface area contributed by atoms with Crippen LogP contribution in [0, 0.1) is 10.8 Å². The van der Waals surface area contributed by atoms with Gasteiger partial charge in [0.15, 0.2) is 5.76 Å². The van der Waals surface area contributed by atoms with Gasteiger partial charge < -0.3 is 16.0 Å². The third-order valence-electron chi connectivity index (χ3n) is 3.52. The predicted octanol–water partition coefficient (Wildman–Crippen LogP) is 4.07. The van der Waals surface area contributed by atoms with Gasteiger partial charge in [0.2, 0.25) is 0 Å². The monoisotopic (exact) mass is 411 g/mol. The molecule has 0 unspecified atom stereocenters. The largest absolute Gasteiger partial charge is 0.384 e. The molecule has 3 rings (SSSR count). The van der Waals surface area contributed by atoms with Gasteiger partial charge in [0.1, 0.15) is 17.4 Å². The lowest BCUT2D eigenvalue weighted by Gasteiger charge is -2.03. The summed E-state index contributed by atoms with van der Waals surface area (Å²) < 4.78 is 5.39. The molecule has 0 atom stereocenters. The standard InChI is InChI=1S/C17H14ClN5O.2ClH/c18-13-5-4-11(17(21)22)7-12(13)15-8-14(23-24-15)9-2-1-3-10(6-9)16(19)20;;/h1-8H,(H3,19,20)(H3,21,22);2*1H. The van der Waals surface area contributed by atoms with Crippen molar-refractivity contribution in [3.05, 3.63) is 64.7 Å². The number of nitrogens with two attached hydrogens (primary N) is 2. The molecule has 1 aromatic heterocycles. The van der Waals surface area contributed by atoms with E-state index in [0.717, 1.165) is 5.56 Å². The number of rotatable bonds is 4. The Labute approximate surface area is 167 Å². The van der Waals surface area contributed by atoms with Gasteiger partial charge in [-0.15, -0.1) is 24.8 Å². The van der Waals surface area contributed by atoms with Crippen LogP contribution in [0.1, 0.15) is 11.1 Å². The van der Waals surface area contributed by atoms with Crippen LogP contribution in [0.15, 0.2) is 53.1 Å². The van der Waals surface area contributed by atoms with Gasteiger partial charge in [0, 0.05) is 28.3 Å². The van der Waals surface area contributed by atoms with E-state index >= 15 is 0 Å². The number of benzene rings is 2. The van der Waals surface area contributed by atoms with Crippen molar-refractivity contribution in [1.29, 1.82) is 10.8 Å². The Morgan fingerprint density at radius 1 is 0.923 bits per heavy atom. The molecule has 136 valence electrons. The van der Waals surface area contributed by atoms with Gasteiger partial charge in [-0.1, -0.05) is 35.0 Å². The maximum atomic E-state index is 7.53. The summed E-state index contributed by atoms with van der Waals surface area (Å²) in [6.45, 7) is 0. The van der Waals surface area contributed by atoms with E-state index in [4.69, 9.17) is 38.4 Å². The predicted molar refractivity (Wildman–Crippen MR) is 109 cm³/mol. The highest BCUT2D eigenvalue weighted by molar-refractivity contribution is 6.33. The van der Waals surface area contributed by atoms with Gasteiger partial charge in [0.05, 0.1) is 5.02 Å². The van der Waals surface area contributed by atoms with E-state index in [1.54, 1.807) is 42.5 Å². The zero-order valence-corrected chi connectivity index (χ0v) is 15.7. The molecule has 0 aliphatic rings. The highest BCUT2D eigenvalue weighted by atomic mass is 35.5. The van der Waals surface area contributed by atoms with Crippen molar-refractivity contribution in [3.63, 3.8) is 0 Å². The number of hydrogen-bond acceptors (Lipinski definition) is 4. The van der Waals surface area contributed by atoms with E-state index in [9.17, 15) is 0 Å². The maximum Gasteiger partial charge on any atom is 0.169 e. The number of hydrogen-bond donors (Lipinski definition) is 4. The molecule has 1 heterocycles. The SMILES string of the molecule is Cl.Cl.N=C(N)c1cccc(-c2cc(-c3cc(C(=N)N)ccc3Cl)on2)c1. The van der Waals surface area contributed by atoms with Crippen LogP contribution in [-0.2, 0) is 0 Å².